The van der Waals surface area contributed by atoms with Crippen LogP contribution in [0.5, 0.6) is 0 Å². The van der Waals surface area contributed by atoms with Gasteiger partial charge in [0.25, 0.3) is 0 Å². The molecule has 3 rings (SSSR count). The molecule has 1 saturated heterocycles. The molecule has 39 heavy (non-hydrogen) atoms. The molecule has 0 radical (unpaired) electrons. The molecule has 2 unspecified atom stereocenters. The SMILES string of the molecule is C=C(CC(=O)C(=O)CNCCCN)N1CCCC(C(OCCCOC)c2ccccc2)C1.CC1CCCCC1. The Balaban J connectivity index is 0.000000658. The number of carbonyl (C=O) groups excluding carboxylic acids is 2. The molecule has 0 bridgehead atoms. The molecule has 1 aromatic carbocycles. The first-order chi connectivity index (χ1) is 19.0. The molecule has 1 aromatic rings. The number of hydrogen-bond acceptors (Lipinski definition) is 7. The fraction of sp³-hybridized carbons (Fsp3) is 0.688. The summed E-state index contributed by atoms with van der Waals surface area (Å²) in [4.78, 5) is 26.6. The van der Waals surface area contributed by atoms with Crippen LogP contribution in [0.3, 0.4) is 0 Å². The van der Waals surface area contributed by atoms with Crippen molar-refractivity contribution in [3.05, 3.63) is 48.2 Å². The van der Waals surface area contributed by atoms with Gasteiger partial charge in [0.05, 0.1) is 19.1 Å². The Bertz CT molecular complexity index is 826. The molecule has 3 N–H and O–H groups in total. The van der Waals surface area contributed by atoms with Crippen LogP contribution in [0, 0.1) is 11.8 Å². The Hall–Kier alpha value is -2.06. The van der Waals surface area contributed by atoms with Crippen molar-refractivity contribution in [3.63, 3.8) is 0 Å². The summed E-state index contributed by atoms with van der Waals surface area (Å²) >= 11 is 0. The molecule has 1 aliphatic heterocycles. The molecular formula is C32H53N3O4. The number of rotatable bonds is 16. The summed E-state index contributed by atoms with van der Waals surface area (Å²) in [6.07, 6.45) is 11.1. The van der Waals surface area contributed by atoms with Gasteiger partial charge in [-0.25, -0.2) is 0 Å². The van der Waals surface area contributed by atoms with Gasteiger partial charge in [-0.3, -0.25) is 9.59 Å². The zero-order chi connectivity index (χ0) is 28.3. The molecule has 0 spiro atoms. The molecule has 1 aliphatic carbocycles. The largest absolute Gasteiger partial charge is 0.385 e. The van der Waals surface area contributed by atoms with Crippen LogP contribution in [0.2, 0.25) is 0 Å². The molecule has 2 fully saturated rings. The first kappa shape index (κ1) is 33.1. The van der Waals surface area contributed by atoms with Gasteiger partial charge in [0.1, 0.15) is 0 Å². The van der Waals surface area contributed by atoms with Gasteiger partial charge < -0.3 is 25.4 Å². The van der Waals surface area contributed by atoms with E-state index in [-0.39, 0.29) is 25.0 Å². The number of piperidine rings is 1. The number of methoxy groups -OCH3 is 1. The minimum atomic E-state index is -0.402. The van der Waals surface area contributed by atoms with Crippen molar-refractivity contribution in [2.24, 2.45) is 17.6 Å². The maximum atomic E-state index is 12.4. The zero-order valence-electron chi connectivity index (χ0n) is 24.5. The van der Waals surface area contributed by atoms with Gasteiger partial charge in [0, 0.05) is 45.0 Å². The van der Waals surface area contributed by atoms with Crippen molar-refractivity contribution in [1.29, 1.82) is 0 Å². The molecule has 0 aromatic heterocycles. The monoisotopic (exact) mass is 543 g/mol. The van der Waals surface area contributed by atoms with Crippen LogP contribution in [0.15, 0.2) is 42.6 Å². The van der Waals surface area contributed by atoms with Gasteiger partial charge >= 0.3 is 0 Å². The Morgan fingerprint density at radius 1 is 1.05 bits per heavy atom. The first-order valence-corrected chi connectivity index (χ1v) is 15.0. The van der Waals surface area contributed by atoms with Crippen molar-refractivity contribution < 1.29 is 19.1 Å². The van der Waals surface area contributed by atoms with Crippen LogP contribution >= 0.6 is 0 Å². The van der Waals surface area contributed by atoms with Crippen molar-refractivity contribution >= 4 is 11.6 Å². The maximum Gasteiger partial charge on any atom is 0.212 e. The van der Waals surface area contributed by atoms with Crippen molar-refractivity contribution in [3.8, 4) is 0 Å². The lowest BCUT2D eigenvalue weighted by atomic mass is 9.88. The first-order valence-electron chi connectivity index (χ1n) is 15.0. The number of likely N-dealkylation sites (tertiary alicyclic amines) is 1. The highest BCUT2D eigenvalue weighted by Crippen LogP contribution is 2.34. The van der Waals surface area contributed by atoms with E-state index in [0.29, 0.717) is 32.0 Å². The highest BCUT2D eigenvalue weighted by Gasteiger charge is 2.30. The Labute approximate surface area is 236 Å². The molecule has 1 saturated carbocycles. The van der Waals surface area contributed by atoms with E-state index in [4.69, 9.17) is 15.2 Å². The number of hydrogen-bond donors (Lipinski definition) is 2. The van der Waals surface area contributed by atoms with E-state index in [1.165, 1.54) is 32.1 Å². The number of allylic oxidation sites excluding steroid dienone is 1. The smallest absolute Gasteiger partial charge is 0.212 e. The fourth-order valence-corrected chi connectivity index (χ4v) is 5.34. The Kier molecular flexibility index (Phi) is 16.9. The van der Waals surface area contributed by atoms with E-state index in [2.05, 4.69) is 35.9 Å². The van der Waals surface area contributed by atoms with Gasteiger partial charge in [-0.15, -0.1) is 0 Å². The van der Waals surface area contributed by atoms with Gasteiger partial charge in [0.2, 0.25) is 11.6 Å². The lowest BCUT2D eigenvalue weighted by molar-refractivity contribution is -0.135. The summed E-state index contributed by atoms with van der Waals surface area (Å²) in [5.41, 5.74) is 7.31. The Morgan fingerprint density at radius 3 is 2.44 bits per heavy atom. The van der Waals surface area contributed by atoms with E-state index in [1.807, 2.05) is 18.2 Å². The topological polar surface area (TPSA) is 93.9 Å². The van der Waals surface area contributed by atoms with Crippen molar-refractivity contribution in [2.75, 3.05) is 53.0 Å². The quantitative estimate of drug-likeness (QED) is 0.222. The molecule has 7 nitrogen and oxygen atoms in total. The molecule has 2 atom stereocenters. The predicted molar refractivity (Wildman–Crippen MR) is 158 cm³/mol. The summed E-state index contributed by atoms with van der Waals surface area (Å²) in [5, 5.41) is 2.97. The number of ketones is 2. The fourth-order valence-electron chi connectivity index (χ4n) is 5.34. The van der Waals surface area contributed by atoms with E-state index < -0.39 is 11.6 Å². The van der Waals surface area contributed by atoms with E-state index in [0.717, 1.165) is 50.3 Å². The zero-order valence-corrected chi connectivity index (χ0v) is 24.5. The van der Waals surface area contributed by atoms with E-state index in [9.17, 15) is 9.59 Å². The number of nitrogens with two attached hydrogens (primary N) is 1. The van der Waals surface area contributed by atoms with Gasteiger partial charge in [-0.05, 0) is 50.3 Å². The summed E-state index contributed by atoms with van der Waals surface area (Å²) in [6, 6.07) is 10.3. The number of ether oxygens (including phenoxy) is 2. The van der Waals surface area contributed by atoms with Gasteiger partial charge in [-0.2, -0.15) is 0 Å². The number of nitrogens with zero attached hydrogens (tertiary/aromatic N) is 1. The molecular weight excluding hydrogens is 490 g/mol. The van der Waals surface area contributed by atoms with Gasteiger partial charge in [0.15, 0.2) is 0 Å². The van der Waals surface area contributed by atoms with Crippen LogP contribution in [-0.2, 0) is 19.1 Å². The maximum absolute atomic E-state index is 12.4. The van der Waals surface area contributed by atoms with Crippen LogP contribution in [0.1, 0.15) is 82.8 Å². The van der Waals surface area contributed by atoms with Crippen LogP contribution in [-0.4, -0.2) is 69.5 Å². The molecule has 1 heterocycles. The van der Waals surface area contributed by atoms with Gasteiger partial charge in [-0.1, -0.05) is 75.9 Å². The van der Waals surface area contributed by atoms with E-state index >= 15 is 0 Å². The van der Waals surface area contributed by atoms with Crippen molar-refractivity contribution in [1.82, 2.24) is 10.2 Å². The molecule has 220 valence electrons. The third kappa shape index (κ3) is 13.2. The van der Waals surface area contributed by atoms with Crippen LogP contribution in [0.4, 0.5) is 0 Å². The summed E-state index contributed by atoms with van der Waals surface area (Å²) in [5.74, 6) is 0.524. The highest BCUT2D eigenvalue weighted by atomic mass is 16.5. The lowest BCUT2D eigenvalue weighted by Gasteiger charge is -2.39. The average molecular weight is 544 g/mol. The molecule has 0 amide bonds. The second-order valence-corrected chi connectivity index (χ2v) is 11.0. The number of carbonyl (C=O) groups is 2. The second-order valence-electron chi connectivity index (χ2n) is 11.0. The summed E-state index contributed by atoms with van der Waals surface area (Å²) in [6.45, 7) is 10.6. The average Bonchev–Trinajstić information content (AvgIpc) is 2.96. The third-order valence-corrected chi connectivity index (χ3v) is 7.66. The summed E-state index contributed by atoms with van der Waals surface area (Å²) < 4.78 is 11.5. The number of Topliss-reactive ketones (excluding diaryl/α,β-unsaturated/α-hetero) is 2. The standard InChI is InChI=1S/C25H39N3O4.C7H14/c1-20(17-23(29)24(30)18-27-13-7-12-26)28-14-6-11-22(19-28)25(32-16-8-15-31-2)21-9-4-3-5-10-21;1-7-5-3-2-4-6-7/h3-5,9-10,22,25,27H,1,6-8,11-19,26H2,2H3;7H,2-6H2,1H3. The van der Waals surface area contributed by atoms with Crippen LogP contribution in [0.25, 0.3) is 0 Å². The van der Waals surface area contributed by atoms with Crippen LogP contribution < -0.4 is 11.1 Å². The number of nitrogens with one attached hydrogen (secondary N) is 1. The third-order valence-electron chi connectivity index (χ3n) is 7.66. The summed E-state index contributed by atoms with van der Waals surface area (Å²) in [7, 11) is 1.70. The normalized spacial score (nSPS) is 18.6. The predicted octanol–water partition coefficient (Wildman–Crippen LogP) is 5.06. The minimum Gasteiger partial charge on any atom is -0.385 e. The highest BCUT2D eigenvalue weighted by molar-refractivity contribution is 6.38. The molecule has 7 heteroatoms. The van der Waals surface area contributed by atoms with Crippen molar-refractivity contribution in [2.45, 2.75) is 77.2 Å². The molecule has 2 aliphatic rings. The van der Waals surface area contributed by atoms with E-state index in [1.54, 1.807) is 7.11 Å². The Morgan fingerprint density at radius 2 is 1.79 bits per heavy atom. The minimum absolute atomic E-state index is 0.0206. The lowest BCUT2D eigenvalue weighted by Crippen LogP contribution is -2.39. The number of benzene rings is 1. The second kappa shape index (κ2) is 19.9.